The molecule has 1 aromatic heterocycles. The molecule has 2 aromatic carbocycles. The van der Waals surface area contributed by atoms with Crippen LogP contribution < -0.4 is 14.4 Å². The van der Waals surface area contributed by atoms with Crippen molar-refractivity contribution in [1.82, 2.24) is 10.2 Å². The molecular weight excluding hydrogens is 470 g/mol. The van der Waals surface area contributed by atoms with E-state index in [1.807, 2.05) is 30.3 Å². The molecular formula is C20H21N5O6S2. The van der Waals surface area contributed by atoms with Crippen LogP contribution in [0.5, 0.6) is 5.75 Å². The molecule has 3 rings (SSSR count). The van der Waals surface area contributed by atoms with Gasteiger partial charge in [0.2, 0.25) is 21.1 Å². The minimum Gasteiger partial charge on any atom is -0.495 e. The number of anilines is 2. The number of carbonyl (C=O) groups is 1. The number of amides is 1. The van der Waals surface area contributed by atoms with E-state index in [4.69, 9.17) is 4.74 Å². The van der Waals surface area contributed by atoms with E-state index in [9.17, 15) is 23.3 Å². The Morgan fingerprint density at radius 1 is 1.24 bits per heavy atom. The zero-order valence-corrected chi connectivity index (χ0v) is 19.6. The molecule has 0 saturated carbocycles. The first-order valence-corrected chi connectivity index (χ1v) is 12.3. The Labute approximate surface area is 194 Å². The van der Waals surface area contributed by atoms with Crippen molar-refractivity contribution in [3.05, 3.63) is 58.6 Å². The third kappa shape index (κ3) is 5.43. The highest BCUT2D eigenvalue weighted by Gasteiger charge is 2.35. The van der Waals surface area contributed by atoms with E-state index in [1.54, 1.807) is 6.92 Å². The number of hydrogen-bond acceptors (Lipinski definition) is 9. The summed E-state index contributed by atoms with van der Waals surface area (Å²) in [4.78, 5) is 23.7. The number of nitrogens with zero attached hydrogens (tertiary/aromatic N) is 4. The summed E-state index contributed by atoms with van der Waals surface area (Å²) in [6.07, 6.45) is 0.995. The second kappa shape index (κ2) is 9.92. The highest BCUT2D eigenvalue weighted by molar-refractivity contribution is 7.92. The third-order valence-corrected chi connectivity index (χ3v) is 6.67. The third-order valence-electron chi connectivity index (χ3n) is 4.62. The van der Waals surface area contributed by atoms with Gasteiger partial charge in [-0.25, -0.2) is 8.42 Å². The Balaban J connectivity index is 1.96. The van der Waals surface area contributed by atoms with Crippen molar-refractivity contribution >= 4 is 43.8 Å². The topological polar surface area (TPSA) is 145 Å². The average Bonchev–Trinajstić information content (AvgIpc) is 3.25. The zero-order chi connectivity index (χ0) is 24.2. The van der Waals surface area contributed by atoms with Gasteiger partial charge in [-0.05, 0) is 12.5 Å². The van der Waals surface area contributed by atoms with Crippen LogP contribution in [0.1, 0.15) is 13.3 Å². The van der Waals surface area contributed by atoms with Crippen LogP contribution in [-0.2, 0) is 14.8 Å². The largest absolute Gasteiger partial charge is 0.495 e. The first-order valence-electron chi connectivity index (χ1n) is 9.67. The van der Waals surface area contributed by atoms with Gasteiger partial charge in [-0.3, -0.25) is 24.5 Å². The predicted molar refractivity (Wildman–Crippen MR) is 125 cm³/mol. The van der Waals surface area contributed by atoms with Crippen molar-refractivity contribution < 1.29 is 22.9 Å². The van der Waals surface area contributed by atoms with Crippen LogP contribution in [0.15, 0.2) is 48.5 Å². The molecule has 1 atom stereocenters. The molecule has 33 heavy (non-hydrogen) atoms. The molecule has 0 radical (unpaired) electrons. The summed E-state index contributed by atoms with van der Waals surface area (Å²) in [6.45, 7) is 1.63. The SMILES string of the molecule is CCC(C(=O)Nc1nnc(-c2ccccc2)s1)N(c1cc([N+](=O)[O-])ccc1OC)S(C)(=O)=O. The molecule has 0 fully saturated rings. The predicted octanol–water partition coefficient (Wildman–Crippen LogP) is 3.31. The van der Waals surface area contributed by atoms with E-state index in [2.05, 4.69) is 15.5 Å². The Morgan fingerprint density at radius 2 is 1.94 bits per heavy atom. The molecule has 11 nitrogen and oxygen atoms in total. The maximum atomic E-state index is 13.1. The van der Waals surface area contributed by atoms with Crippen LogP contribution in [0, 0.1) is 10.1 Å². The monoisotopic (exact) mass is 491 g/mol. The second-order valence-electron chi connectivity index (χ2n) is 6.86. The Morgan fingerprint density at radius 3 is 2.52 bits per heavy atom. The fourth-order valence-corrected chi connectivity index (χ4v) is 5.12. The van der Waals surface area contributed by atoms with Gasteiger partial charge in [0, 0.05) is 17.7 Å². The van der Waals surface area contributed by atoms with Gasteiger partial charge in [0.15, 0.2) is 0 Å². The van der Waals surface area contributed by atoms with Gasteiger partial charge in [0.1, 0.15) is 22.5 Å². The molecule has 0 spiro atoms. The van der Waals surface area contributed by atoms with Gasteiger partial charge in [0.25, 0.3) is 5.69 Å². The van der Waals surface area contributed by atoms with Crippen LogP contribution in [0.3, 0.4) is 0 Å². The van der Waals surface area contributed by atoms with Crippen LogP contribution in [0.2, 0.25) is 0 Å². The fraction of sp³-hybridized carbons (Fsp3) is 0.250. The van der Waals surface area contributed by atoms with Crippen molar-refractivity contribution in [2.24, 2.45) is 0 Å². The maximum Gasteiger partial charge on any atom is 0.271 e. The molecule has 0 aliphatic heterocycles. The summed E-state index contributed by atoms with van der Waals surface area (Å²) >= 11 is 1.14. The van der Waals surface area contributed by atoms with Crippen LogP contribution >= 0.6 is 11.3 Å². The standard InChI is InChI=1S/C20H21N5O6S2/c1-4-15(18(26)21-20-23-22-19(32-20)13-8-6-5-7-9-13)24(33(3,29)30)16-12-14(25(27)28)10-11-17(16)31-2/h5-12,15H,4H2,1-3H3,(H,21,23,26). The van der Waals surface area contributed by atoms with E-state index in [-0.39, 0.29) is 28.7 Å². The van der Waals surface area contributed by atoms with E-state index in [1.165, 1.54) is 19.2 Å². The normalized spacial score (nSPS) is 12.1. The van der Waals surface area contributed by atoms with E-state index in [0.717, 1.165) is 33.5 Å². The molecule has 1 heterocycles. The van der Waals surface area contributed by atoms with E-state index >= 15 is 0 Å². The molecule has 0 saturated heterocycles. The van der Waals surface area contributed by atoms with Crippen LogP contribution in [0.25, 0.3) is 10.6 Å². The lowest BCUT2D eigenvalue weighted by atomic mass is 10.1. The highest BCUT2D eigenvalue weighted by atomic mass is 32.2. The molecule has 1 amide bonds. The molecule has 3 aromatic rings. The number of benzene rings is 2. The number of aromatic nitrogens is 2. The van der Waals surface area contributed by atoms with Crippen molar-refractivity contribution in [2.45, 2.75) is 19.4 Å². The maximum absolute atomic E-state index is 13.1. The summed E-state index contributed by atoms with van der Waals surface area (Å²) in [5, 5.41) is 22.7. The van der Waals surface area contributed by atoms with E-state index < -0.39 is 26.9 Å². The Hall–Kier alpha value is -3.58. The van der Waals surface area contributed by atoms with Crippen molar-refractivity contribution in [2.75, 3.05) is 23.0 Å². The van der Waals surface area contributed by atoms with Crippen molar-refractivity contribution in [3.63, 3.8) is 0 Å². The molecule has 174 valence electrons. The van der Waals surface area contributed by atoms with Gasteiger partial charge in [-0.1, -0.05) is 48.6 Å². The van der Waals surface area contributed by atoms with Gasteiger partial charge >= 0.3 is 0 Å². The fourth-order valence-electron chi connectivity index (χ4n) is 3.16. The van der Waals surface area contributed by atoms with Gasteiger partial charge in [-0.2, -0.15) is 0 Å². The van der Waals surface area contributed by atoms with Crippen molar-refractivity contribution in [1.29, 1.82) is 0 Å². The van der Waals surface area contributed by atoms with Crippen LogP contribution in [0.4, 0.5) is 16.5 Å². The number of sulfonamides is 1. The number of nitro groups is 1. The number of ether oxygens (including phenoxy) is 1. The molecule has 1 unspecified atom stereocenters. The Bertz CT molecular complexity index is 1260. The number of non-ortho nitro benzene ring substituents is 1. The quantitative estimate of drug-likeness (QED) is 0.354. The van der Waals surface area contributed by atoms with Gasteiger partial charge in [-0.15, -0.1) is 10.2 Å². The van der Waals surface area contributed by atoms with Crippen LogP contribution in [-0.4, -0.2) is 48.9 Å². The smallest absolute Gasteiger partial charge is 0.271 e. The molecule has 1 N–H and O–H groups in total. The summed E-state index contributed by atoms with van der Waals surface area (Å²) in [5.74, 6) is -0.591. The minimum atomic E-state index is -4.04. The van der Waals surface area contributed by atoms with E-state index in [0.29, 0.717) is 5.01 Å². The average molecular weight is 492 g/mol. The molecule has 0 aliphatic rings. The summed E-state index contributed by atoms with van der Waals surface area (Å²) in [6, 6.07) is 11.6. The Kier molecular flexibility index (Phi) is 7.23. The lowest BCUT2D eigenvalue weighted by molar-refractivity contribution is -0.384. The minimum absolute atomic E-state index is 0.0690. The number of rotatable bonds is 9. The second-order valence-corrected chi connectivity index (χ2v) is 9.70. The molecule has 0 bridgehead atoms. The van der Waals surface area contributed by atoms with Gasteiger partial charge < -0.3 is 4.74 Å². The lowest BCUT2D eigenvalue weighted by Gasteiger charge is -2.30. The first kappa shape index (κ1) is 24.1. The molecule has 0 aliphatic carbocycles. The number of methoxy groups -OCH3 is 1. The zero-order valence-electron chi connectivity index (χ0n) is 18.0. The number of hydrogen-bond donors (Lipinski definition) is 1. The number of carbonyl (C=O) groups excluding carboxylic acids is 1. The summed E-state index contributed by atoms with van der Waals surface area (Å²) in [5.41, 5.74) is 0.367. The van der Waals surface area contributed by atoms with Crippen molar-refractivity contribution in [3.8, 4) is 16.3 Å². The summed E-state index contributed by atoms with van der Waals surface area (Å²) in [7, 11) is -2.74. The number of nitrogens with one attached hydrogen (secondary N) is 1. The molecule has 13 heteroatoms. The number of nitro benzene ring substituents is 1. The summed E-state index contributed by atoms with van der Waals surface area (Å²) < 4.78 is 31.5. The van der Waals surface area contributed by atoms with Gasteiger partial charge in [0.05, 0.1) is 18.3 Å². The highest BCUT2D eigenvalue weighted by Crippen LogP contribution is 2.36. The lowest BCUT2D eigenvalue weighted by Crippen LogP contribution is -2.47. The first-order chi connectivity index (χ1) is 15.7.